The van der Waals surface area contributed by atoms with Gasteiger partial charge in [0.1, 0.15) is 6.61 Å². The number of alkyl halides is 3. The number of likely N-dealkylation sites (tertiary alicyclic amines) is 1. The minimum Gasteiger partial charge on any atom is -0.372 e. The van der Waals surface area contributed by atoms with Crippen molar-refractivity contribution >= 4 is 5.91 Å². The van der Waals surface area contributed by atoms with Crippen molar-refractivity contribution in [1.29, 1.82) is 0 Å². The van der Waals surface area contributed by atoms with Gasteiger partial charge in [-0.15, -0.1) is 0 Å². The van der Waals surface area contributed by atoms with Gasteiger partial charge in [0.15, 0.2) is 0 Å². The first-order valence-corrected chi connectivity index (χ1v) is 6.85. The smallest absolute Gasteiger partial charge is 0.372 e. The van der Waals surface area contributed by atoms with E-state index in [4.69, 9.17) is 0 Å². The van der Waals surface area contributed by atoms with E-state index in [1.165, 1.54) is 0 Å². The Hall–Kier alpha value is -1.57. The van der Waals surface area contributed by atoms with Gasteiger partial charge in [-0.05, 0) is 12.8 Å². The maximum Gasteiger partial charge on any atom is 0.411 e. The molecule has 0 N–H and O–H groups in total. The van der Waals surface area contributed by atoms with Gasteiger partial charge in [0.25, 0.3) is 0 Å². The zero-order chi connectivity index (χ0) is 15.3. The van der Waals surface area contributed by atoms with Gasteiger partial charge in [-0.3, -0.25) is 4.79 Å². The molecule has 1 atom stereocenters. The number of halogens is 3. The van der Waals surface area contributed by atoms with Gasteiger partial charge in [-0.2, -0.15) is 13.2 Å². The van der Waals surface area contributed by atoms with Crippen molar-refractivity contribution < 1.29 is 22.7 Å². The number of carbonyl (C=O) groups excluding carboxylic acids is 1. The van der Waals surface area contributed by atoms with Gasteiger partial charge in [0, 0.05) is 25.5 Å². The molecule has 1 amide bonds. The second-order valence-corrected chi connectivity index (χ2v) is 5.06. The molecule has 0 unspecified atom stereocenters. The fraction of sp³-hybridized carbons (Fsp3) is 0.692. The molecule has 0 saturated carbocycles. The maximum atomic E-state index is 12.0. The third kappa shape index (κ3) is 5.04. The zero-order valence-corrected chi connectivity index (χ0v) is 11.6. The summed E-state index contributed by atoms with van der Waals surface area (Å²) in [5.74, 6) is -0.165. The van der Waals surface area contributed by atoms with Crippen molar-refractivity contribution in [2.45, 2.75) is 31.5 Å². The summed E-state index contributed by atoms with van der Waals surface area (Å²) >= 11 is 0. The lowest BCUT2D eigenvalue weighted by Crippen LogP contribution is -2.40. The van der Waals surface area contributed by atoms with Crippen molar-refractivity contribution in [2.75, 3.05) is 26.3 Å². The largest absolute Gasteiger partial charge is 0.411 e. The first-order valence-electron chi connectivity index (χ1n) is 6.85. The Morgan fingerprint density at radius 2 is 2.24 bits per heavy atom. The molecule has 5 nitrogen and oxygen atoms in total. The van der Waals surface area contributed by atoms with Crippen LogP contribution in [-0.2, 0) is 9.53 Å². The van der Waals surface area contributed by atoms with E-state index in [2.05, 4.69) is 9.72 Å². The van der Waals surface area contributed by atoms with E-state index >= 15 is 0 Å². The molecule has 0 bridgehead atoms. The number of piperidine rings is 1. The molecule has 0 radical (unpaired) electrons. The number of carbonyl (C=O) groups is 1. The summed E-state index contributed by atoms with van der Waals surface area (Å²) in [4.78, 5) is 17.6. The average Bonchev–Trinajstić information content (AvgIpc) is 2.96. The van der Waals surface area contributed by atoms with Crippen molar-refractivity contribution in [3.8, 4) is 0 Å². The monoisotopic (exact) mass is 305 g/mol. The van der Waals surface area contributed by atoms with E-state index in [9.17, 15) is 18.0 Å². The summed E-state index contributed by atoms with van der Waals surface area (Å²) in [6.07, 6.45) is 2.72. The molecule has 1 aliphatic heterocycles. The average molecular weight is 305 g/mol. The molecule has 0 aromatic carbocycles. The van der Waals surface area contributed by atoms with Crippen LogP contribution < -0.4 is 0 Å². The van der Waals surface area contributed by atoms with Crippen LogP contribution in [0, 0.1) is 0 Å². The van der Waals surface area contributed by atoms with E-state index in [0.29, 0.717) is 13.1 Å². The van der Waals surface area contributed by atoms with Gasteiger partial charge in [-0.25, -0.2) is 4.98 Å². The second-order valence-electron chi connectivity index (χ2n) is 5.06. The molecule has 1 aromatic rings. The Morgan fingerprint density at radius 3 is 2.90 bits per heavy atom. The summed E-state index contributed by atoms with van der Waals surface area (Å²) in [5, 5.41) is 0. The quantitative estimate of drug-likeness (QED) is 0.782. The molecule has 2 rings (SSSR count). The molecule has 2 heterocycles. The highest BCUT2D eigenvalue weighted by atomic mass is 19.4. The number of aromatic nitrogens is 2. The fourth-order valence-corrected chi connectivity index (χ4v) is 2.42. The minimum absolute atomic E-state index is 0.0211. The molecule has 1 aliphatic rings. The van der Waals surface area contributed by atoms with Crippen LogP contribution >= 0.6 is 0 Å². The first kappa shape index (κ1) is 15.8. The lowest BCUT2D eigenvalue weighted by atomic mass is 10.1. The van der Waals surface area contributed by atoms with Crippen LogP contribution in [0.1, 0.15) is 25.3 Å². The van der Waals surface area contributed by atoms with E-state index in [1.807, 2.05) is 10.8 Å². The van der Waals surface area contributed by atoms with Gasteiger partial charge in [0.05, 0.1) is 25.4 Å². The number of amides is 1. The molecule has 21 heavy (non-hydrogen) atoms. The topological polar surface area (TPSA) is 47.4 Å². The number of imidazole rings is 1. The summed E-state index contributed by atoms with van der Waals surface area (Å²) < 4.78 is 42.2. The van der Waals surface area contributed by atoms with Crippen LogP contribution in [-0.4, -0.2) is 52.8 Å². The standard InChI is InChI=1S/C13H18F3N3O2/c14-13(15,16)9-21-7-3-12(20)18-5-1-2-11(8-18)19-6-4-17-10-19/h4,6,10-11H,1-3,5,7-9H2/t11-/m0/s1. The normalized spacial score (nSPS) is 19.8. The third-order valence-corrected chi connectivity index (χ3v) is 3.42. The summed E-state index contributed by atoms with van der Waals surface area (Å²) in [6.45, 7) is -0.305. The molecule has 118 valence electrons. The van der Waals surface area contributed by atoms with Gasteiger partial charge in [0.2, 0.25) is 5.91 Å². The molecule has 1 aromatic heterocycles. The van der Waals surface area contributed by atoms with Crippen molar-refractivity contribution in [3.63, 3.8) is 0 Å². The van der Waals surface area contributed by atoms with E-state index in [-0.39, 0.29) is 25.0 Å². The number of hydrogen-bond donors (Lipinski definition) is 0. The van der Waals surface area contributed by atoms with Crippen molar-refractivity contribution in [3.05, 3.63) is 18.7 Å². The summed E-state index contributed by atoms with van der Waals surface area (Å²) in [6, 6.07) is 0.182. The van der Waals surface area contributed by atoms with Crippen LogP contribution in [0.25, 0.3) is 0 Å². The van der Waals surface area contributed by atoms with E-state index in [1.54, 1.807) is 17.4 Å². The SMILES string of the molecule is O=C(CCOCC(F)(F)F)N1CCC[C@H](n2ccnc2)C1. The zero-order valence-electron chi connectivity index (χ0n) is 11.6. The highest BCUT2D eigenvalue weighted by Crippen LogP contribution is 2.21. The molecular formula is C13H18F3N3O2. The number of nitrogens with zero attached hydrogens (tertiary/aromatic N) is 3. The molecule has 0 spiro atoms. The van der Waals surface area contributed by atoms with Crippen molar-refractivity contribution in [1.82, 2.24) is 14.5 Å². The predicted molar refractivity (Wildman–Crippen MR) is 68.6 cm³/mol. The Morgan fingerprint density at radius 1 is 1.43 bits per heavy atom. The number of rotatable bonds is 5. The van der Waals surface area contributed by atoms with Crippen LogP contribution in [0.3, 0.4) is 0 Å². The van der Waals surface area contributed by atoms with E-state index < -0.39 is 12.8 Å². The lowest BCUT2D eigenvalue weighted by Gasteiger charge is -2.33. The Kier molecular flexibility index (Phi) is 5.22. The fourth-order valence-electron chi connectivity index (χ4n) is 2.42. The Balaban J connectivity index is 1.74. The molecule has 1 saturated heterocycles. The van der Waals surface area contributed by atoms with Gasteiger partial charge < -0.3 is 14.2 Å². The summed E-state index contributed by atoms with van der Waals surface area (Å²) in [5.41, 5.74) is 0. The van der Waals surface area contributed by atoms with Crippen LogP contribution in [0.2, 0.25) is 0 Å². The maximum absolute atomic E-state index is 12.0. The first-order chi connectivity index (χ1) is 9.96. The Labute approximate surface area is 120 Å². The molecule has 1 fully saturated rings. The molecule has 8 heteroatoms. The number of ether oxygens (including phenoxy) is 1. The lowest BCUT2D eigenvalue weighted by molar-refractivity contribution is -0.175. The van der Waals surface area contributed by atoms with Gasteiger partial charge in [-0.1, -0.05) is 0 Å². The highest BCUT2D eigenvalue weighted by molar-refractivity contribution is 5.76. The molecule has 0 aliphatic carbocycles. The van der Waals surface area contributed by atoms with Crippen LogP contribution in [0.5, 0.6) is 0 Å². The third-order valence-electron chi connectivity index (χ3n) is 3.42. The summed E-state index contributed by atoms with van der Waals surface area (Å²) in [7, 11) is 0. The van der Waals surface area contributed by atoms with Crippen molar-refractivity contribution in [2.24, 2.45) is 0 Å². The predicted octanol–water partition coefficient (Wildman–Crippen LogP) is 2.02. The van der Waals surface area contributed by atoms with Crippen LogP contribution in [0.4, 0.5) is 13.2 Å². The van der Waals surface area contributed by atoms with Gasteiger partial charge >= 0.3 is 6.18 Å². The minimum atomic E-state index is -4.35. The molecular weight excluding hydrogens is 287 g/mol. The highest BCUT2D eigenvalue weighted by Gasteiger charge is 2.28. The van der Waals surface area contributed by atoms with Crippen LogP contribution in [0.15, 0.2) is 18.7 Å². The second kappa shape index (κ2) is 6.93. The Bertz CT molecular complexity index is 448. The van der Waals surface area contributed by atoms with E-state index in [0.717, 1.165) is 12.8 Å². The number of hydrogen-bond acceptors (Lipinski definition) is 3.